The monoisotopic (exact) mass is 350 g/mol. The van der Waals surface area contributed by atoms with Gasteiger partial charge in [0.15, 0.2) is 0 Å². The number of rotatable bonds is 4. The molecule has 2 aromatic rings. The van der Waals surface area contributed by atoms with Crippen molar-refractivity contribution in [2.24, 2.45) is 0 Å². The molecule has 136 valence electrons. The van der Waals surface area contributed by atoms with Crippen molar-refractivity contribution in [3.8, 4) is 0 Å². The van der Waals surface area contributed by atoms with Crippen molar-refractivity contribution in [2.75, 3.05) is 26.2 Å². The first-order chi connectivity index (χ1) is 12.6. The molecule has 3 rings (SSSR count). The maximum Gasteiger partial charge on any atom is 0.254 e. The molecule has 0 atom stereocenters. The minimum absolute atomic E-state index is 0.0710. The molecule has 0 bridgehead atoms. The summed E-state index contributed by atoms with van der Waals surface area (Å²) in [5.74, 6) is 0.251. The minimum atomic E-state index is 0.0710. The summed E-state index contributed by atoms with van der Waals surface area (Å²) >= 11 is 0. The number of amides is 2. The summed E-state index contributed by atoms with van der Waals surface area (Å²) in [6, 6.07) is 17.8. The van der Waals surface area contributed by atoms with Gasteiger partial charge < -0.3 is 9.80 Å². The lowest BCUT2D eigenvalue weighted by Crippen LogP contribution is -2.37. The largest absolute Gasteiger partial charge is 0.341 e. The molecular formula is C22H26N2O2. The zero-order valence-electron chi connectivity index (χ0n) is 15.4. The van der Waals surface area contributed by atoms with Crippen molar-refractivity contribution in [3.05, 3.63) is 71.3 Å². The lowest BCUT2D eigenvalue weighted by atomic mass is 10.1. The molecule has 0 unspecified atom stereocenters. The Kier molecular flexibility index (Phi) is 6.05. The highest BCUT2D eigenvalue weighted by molar-refractivity contribution is 5.95. The van der Waals surface area contributed by atoms with E-state index in [1.54, 1.807) is 0 Å². The molecule has 4 nitrogen and oxygen atoms in total. The quantitative estimate of drug-likeness (QED) is 0.849. The van der Waals surface area contributed by atoms with Gasteiger partial charge in [-0.15, -0.1) is 0 Å². The smallest absolute Gasteiger partial charge is 0.254 e. The third-order valence-electron chi connectivity index (χ3n) is 4.98. The molecule has 0 spiro atoms. The predicted molar refractivity (Wildman–Crippen MR) is 103 cm³/mol. The van der Waals surface area contributed by atoms with Crippen LogP contribution >= 0.6 is 0 Å². The lowest BCUT2D eigenvalue weighted by Gasteiger charge is -2.23. The Bertz CT molecular complexity index is 758. The summed E-state index contributed by atoms with van der Waals surface area (Å²) < 4.78 is 0. The number of nitrogens with zero attached hydrogens (tertiary/aromatic N) is 2. The molecule has 2 aromatic carbocycles. The van der Waals surface area contributed by atoms with E-state index in [9.17, 15) is 9.59 Å². The average Bonchev–Trinajstić information content (AvgIpc) is 2.93. The number of hydrogen-bond acceptors (Lipinski definition) is 2. The van der Waals surface area contributed by atoms with E-state index in [0.717, 1.165) is 30.5 Å². The van der Waals surface area contributed by atoms with Crippen molar-refractivity contribution in [1.29, 1.82) is 0 Å². The SMILES string of the molecule is Cc1ccccc1C(=O)N1CCCN(C(=O)CCc2ccccc2)CC1. The highest BCUT2D eigenvalue weighted by atomic mass is 16.2. The second kappa shape index (κ2) is 8.65. The Hall–Kier alpha value is -2.62. The van der Waals surface area contributed by atoms with Crippen LogP contribution < -0.4 is 0 Å². The van der Waals surface area contributed by atoms with Gasteiger partial charge in [-0.25, -0.2) is 0 Å². The van der Waals surface area contributed by atoms with Gasteiger partial charge in [0.05, 0.1) is 0 Å². The zero-order valence-corrected chi connectivity index (χ0v) is 15.4. The molecule has 0 aliphatic carbocycles. The Labute approximate surface area is 155 Å². The van der Waals surface area contributed by atoms with Crippen LogP contribution in [-0.2, 0) is 11.2 Å². The van der Waals surface area contributed by atoms with E-state index < -0.39 is 0 Å². The standard InChI is InChI=1S/C22H26N2O2/c1-18-8-5-6-11-20(18)22(26)24-15-7-14-23(16-17-24)21(25)13-12-19-9-3-2-4-10-19/h2-6,8-11H,7,12-17H2,1H3. The molecule has 1 fully saturated rings. The van der Waals surface area contributed by atoms with Gasteiger partial charge in [-0.2, -0.15) is 0 Å². The van der Waals surface area contributed by atoms with E-state index in [2.05, 4.69) is 12.1 Å². The zero-order chi connectivity index (χ0) is 18.4. The first-order valence-electron chi connectivity index (χ1n) is 9.32. The van der Waals surface area contributed by atoms with Gasteiger partial charge in [-0.3, -0.25) is 9.59 Å². The second-order valence-corrected chi connectivity index (χ2v) is 6.83. The molecule has 0 radical (unpaired) electrons. The molecule has 26 heavy (non-hydrogen) atoms. The van der Waals surface area contributed by atoms with E-state index in [4.69, 9.17) is 0 Å². The highest BCUT2D eigenvalue weighted by Crippen LogP contribution is 2.14. The number of carbonyl (C=O) groups is 2. The molecule has 1 aliphatic rings. The Balaban J connectivity index is 1.55. The number of benzene rings is 2. The second-order valence-electron chi connectivity index (χ2n) is 6.83. The Morgan fingerprint density at radius 2 is 1.50 bits per heavy atom. The van der Waals surface area contributed by atoms with Crippen LogP contribution in [0.5, 0.6) is 0 Å². The van der Waals surface area contributed by atoms with Gasteiger partial charge in [0.1, 0.15) is 0 Å². The van der Waals surface area contributed by atoms with Crippen LogP contribution in [0.1, 0.15) is 34.3 Å². The van der Waals surface area contributed by atoms with Crippen LogP contribution in [0.25, 0.3) is 0 Å². The third kappa shape index (κ3) is 4.51. The van der Waals surface area contributed by atoms with Crippen molar-refractivity contribution in [1.82, 2.24) is 9.80 Å². The van der Waals surface area contributed by atoms with Gasteiger partial charge in [0.25, 0.3) is 5.91 Å². The normalized spacial score (nSPS) is 14.8. The van der Waals surface area contributed by atoms with Crippen molar-refractivity contribution in [3.63, 3.8) is 0 Å². The maximum absolute atomic E-state index is 12.8. The number of carbonyl (C=O) groups excluding carboxylic acids is 2. The summed E-state index contributed by atoms with van der Waals surface area (Å²) in [6.07, 6.45) is 2.12. The fourth-order valence-corrected chi connectivity index (χ4v) is 3.41. The van der Waals surface area contributed by atoms with E-state index in [-0.39, 0.29) is 11.8 Å². The summed E-state index contributed by atoms with van der Waals surface area (Å²) in [5.41, 5.74) is 2.95. The maximum atomic E-state index is 12.8. The van der Waals surface area contributed by atoms with Crippen LogP contribution in [0.2, 0.25) is 0 Å². The minimum Gasteiger partial charge on any atom is -0.341 e. The third-order valence-corrected chi connectivity index (χ3v) is 4.98. The number of aryl methyl sites for hydroxylation is 2. The van der Waals surface area contributed by atoms with Crippen molar-refractivity contribution < 1.29 is 9.59 Å². The lowest BCUT2D eigenvalue weighted by molar-refractivity contribution is -0.131. The molecule has 0 saturated carbocycles. The molecule has 0 aromatic heterocycles. The van der Waals surface area contributed by atoms with Crippen LogP contribution in [0.15, 0.2) is 54.6 Å². The van der Waals surface area contributed by atoms with Gasteiger partial charge >= 0.3 is 0 Å². The topological polar surface area (TPSA) is 40.6 Å². The van der Waals surface area contributed by atoms with Gasteiger partial charge in [-0.05, 0) is 37.0 Å². The van der Waals surface area contributed by atoms with Gasteiger partial charge in [-0.1, -0.05) is 48.5 Å². The fraction of sp³-hybridized carbons (Fsp3) is 0.364. The van der Waals surface area contributed by atoms with E-state index in [0.29, 0.717) is 26.1 Å². The summed E-state index contributed by atoms with van der Waals surface area (Å²) in [6.45, 7) is 4.61. The first-order valence-corrected chi connectivity index (χ1v) is 9.32. The molecule has 2 amide bonds. The Morgan fingerprint density at radius 3 is 2.27 bits per heavy atom. The molecule has 1 heterocycles. The molecule has 4 heteroatoms. The van der Waals surface area contributed by atoms with Crippen LogP contribution in [0, 0.1) is 6.92 Å². The van der Waals surface area contributed by atoms with Crippen LogP contribution in [-0.4, -0.2) is 47.8 Å². The van der Waals surface area contributed by atoms with Gasteiger partial charge in [0, 0.05) is 38.2 Å². The fourth-order valence-electron chi connectivity index (χ4n) is 3.41. The summed E-state index contributed by atoms with van der Waals surface area (Å²) in [7, 11) is 0. The Morgan fingerprint density at radius 1 is 0.846 bits per heavy atom. The first kappa shape index (κ1) is 18.2. The van der Waals surface area contributed by atoms with E-state index in [1.807, 2.05) is 59.2 Å². The van der Waals surface area contributed by atoms with Crippen molar-refractivity contribution >= 4 is 11.8 Å². The predicted octanol–water partition coefficient (Wildman–Crippen LogP) is 3.30. The van der Waals surface area contributed by atoms with E-state index in [1.165, 1.54) is 5.56 Å². The number of hydrogen-bond donors (Lipinski definition) is 0. The molecule has 0 N–H and O–H groups in total. The summed E-state index contributed by atoms with van der Waals surface area (Å²) in [4.78, 5) is 29.1. The van der Waals surface area contributed by atoms with Gasteiger partial charge in [0.2, 0.25) is 5.91 Å². The highest BCUT2D eigenvalue weighted by Gasteiger charge is 2.23. The molecule has 1 aliphatic heterocycles. The average molecular weight is 350 g/mol. The van der Waals surface area contributed by atoms with Crippen LogP contribution in [0.3, 0.4) is 0 Å². The van der Waals surface area contributed by atoms with E-state index >= 15 is 0 Å². The van der Waals surface area contributed by atoms with Crippen LogP contribution in [0.4, 0.5) is 0 Å². The van der Waals surface area contributed by atoms with Crippen molar-refractivity contribution in [2.45, 2.75) is 26.2 Å². The summed E-state index contributed by atoms with van der Waals surface area (Å²) in [5, 5.41) is 0. The molecule has 1 saturated heterocycles. The molecular weight excluding hydrogens is 324 g/mol.